The third-order valence-electron chi connectivity index (χ3n) is 5.06. The van der Waals surface area contributed by atoms with Gasteiger partial charge in [-0.15, -0.1) is 0 Å². The van der Waals surface area contributed by atoms with Crippen molar-refractivity contribution in [3.8, 4) is 0 Å². The fourth-order valence-corrected chi connectivity index (χ4v) is 3.80. The van der Waals surface area contributed by atoms with Crippen LogP contribution in [0.1, 0.15) is 46.5 Å². The number of rotatable bonds is 8. The highest BCUT2D eigenvalue weighted by Gasteiger charge is 2.20. The van der Waals surface area contributed by atoms with Crippen LogP contribution < -0.4 is 10.6 Å². The quantitative estimate of drug-likeness (QED) is 0.506. The lowest BCUT2D eigenvalue weighted by Gasteiger charge is -2.33. The molecule has 0 aliphatic carbocycles. The topological polar surface area (TPSA) is 52.1 Å². The molecule has 152 valence electrons. The van der Waals surface area contributed by atoms with Gasteiger partial charge in [0.2, 0.25) is 0 Å². The van der Waals surface area contributed by atoms with Crippen LogP contribution >= 0.6 is 0 Å². The van der Waals surface area contributed by atoms with Gasteiger partial charge in [-0.1, -0.05) is 26.7 Å². The second kappa shape index (κ2) is 12.5. The normalized spacial score (nSPS) is 23.8. The third-order valence-corrected chi connectivity index (χ3v) is 5.06. The van der Waals surface area contributed by atoms with E-state index in [9.17, 15) is 0 Å². The Morgan fingerprint density at radius 3 is 2.54 bits per heavy atom. The van der Waals surface area contributed by atoms with Crippen LogP contribution in [0.25, 0.3) is 0 Å². The van der Waals surface area contributed by atoms with Gasteiger partial charge in [-0.25, -0.2) is 0 Å². The molecule has 2 aliphatic heterocycles. The molecule has 6 nitrogen and oxygen atoms in total. The van der Waals surface area contributed by atoms with Crippen LogP contribution in [0.5, 0.6) is 0 Å². The Balaban J connectivity index is 1.72. The number of guanidine groups is 1. The van der Waals surface area contributed by atoms with Gasteiger partial charge in [-0.2, -0.15) is 0 Å². The van der Waals surface area contributed by atoms with Gasteiger partial charge in [0.05, 0.1) is 19.3 Å². The SMILES string of the molecule is CCNC(=NCC1CN(CC(C)C)CCO1)NCCN1CCCCCC1. The fourth-order valence-electron chi connectivity index (χ4n) is 3.80. The molecule has 2 N–H and O–H groups in total. The molecule has 6 heteroatoms. The van der Waals surface area contributed by atoms with Crippen molar-refractivity contribution in [2.45, 2.75) is 52.6 Å². The largest absolute Gasteiger partial charge is 0.374 e. The van der Waals surface area contributed by atoms with E-state index in [1.807, 2.05) is 0 Å². The van der Waals surface area contributed by atoms with Gasteiger partial charge in [-0.3, -0.25) is 9.89 Å². The van der Waals surface area contributed by atoms with Crippen molar-refractivity contribution in [2.24, 2.45) is 10.9 Å². The van der Waals surface area contributed by atoms with Crippen LogP contribution in [-0.2, 0) is 4.74 Å². The van der Waals surface area contributed by atoms with Gasteiger partial charge >= 0.3 is 0 Å². The summed E-state index contributed by atoms with van der Waals surface area (Å²) in [6.45, 7) is 16.9. The monoisotopic (exact) mass is 367 g/mol. The molecule has 0 amide bonds. The van der Waals surface area contributed by atoms with Gasteiger partial charge in [-0.05, 0) is 38.8 Å². The van der Waals surface area contributed by atoms with Gasteiger partial charge in [0.15, 0.2) is 5.96 Å². The van der Waals surface area contributed by atoms with Crippen molar-refractivity contribution in [1.29, 1.82) is 0 Å². The number of hydrogen-bond donors (Lipinski definition) is 2. The number of hydrogen-bond acceptors (Lipinski definition) is 4. The van der Waals surface area contributed by atoms with E-state index in [1.165, 1.54) is 38.8 Å². The average molecular weight is 368 g/mol. The minimum atomic E-state index is 0.212. The minimum Gasteiger partial charge on any atom is -0.374 e. The number of nitrogens with one attached hydrogen (secondary N) is 2. The Morgan fingerprint density at radius 2 is 1.85 bits per heavy atom. The van der Waals surface area contributed by atoms with Gasteiger partial charge in [0, 0.05) is 39.3 Å². The molecule has 2 fully saturated rings. The van der Waals surface area contributed by atoms with Crippen molar-refractivity contribution in [1.82, 2.24) is 20.4 Å². The summed E-state index contributed by atoms with van der Waals surface area (Å²) in [5.41, 5.74) is 0. The molecular weight excluding hydrogens is 326 g/mol. The first-order chi connectivity index (χ1) is 12.7. The Morgan fingerprint density at radius 1 is 1.08 bits per heavy atom. The maximum absolute atomic E-state index is 5.92. The van der Waals surface area contributed by atoms with Crippen LogP contribution in [0.3, 0.4) is 0 Å². The van der Waals surface area contributed by atoms with E-state index in [2.05, 4.69) is 41.2 Å². The second-order valence-electron chi connectivity index (χ2n) is 8.05. The summed E-state index contributed by atoms with van der Waals surface area (Å²) in [4.78, 5) is 9.87. The van der Waals surface area contributed by atoms with Crippen molar-refractivity contribution < 1.29 is 4.74 Å². The molecule has 1 unspecified atom stereocenters. The van der Waals surface area contributed by atoms with Crippen LogP contribution in [0.15, 0.2) is 4.99 Å². The van der Waals surface area contributed by atoms with E-state index >= 15 is 0 Å². The number of aliphatic imine (C=N–C) groups is 1. The highest BCUT2D eigenvalue weighted by molar-refractivity contribution is 5.79. The minimum absolute atomic E-state index is 0.212. The lowest BCUT2D eigenvalue weighted by molar-refractivity contribution is -0.0261. The van der Waals surface area contributed by atoms with Crippen LogP contribution in [0.2, 0.25) is 0 Å². The smallest absolute Gasteiger partial charge is 0.191 e. The van der Waals surface area contributed by atoms with E-state index in [1.54, 1.807) is 0 Å². The van der Waals surface area contributed by atoms with Crippen molar-refractivity contribution in [3.05, 3.63) is 0 Å². The lowest BCUT2D eigenvalue weighted by atomic mass is 10.2. The zero-order valence-electron chi connectivity index (χ0n) is 17.3. The zero-order valence-corrected chi connectivity index (χ0v) is 17.3. The maximum Gasteiger partial charge on any atom is 0.191 e. The average Bonchev–Trinajstić information content (AvgIpc) is 2.88. The first kappa shape index (κ1) is 21.5. The van der Waals surface area contributed by atoms with E-state index in [0.29, 0.717) is 5.92 Å². The van der Waals surface area contributed by atoms with Crippen molar-refractivity contribution in [2.75, 3.05) is 65.5 Å². The summed E-state index contributed by atoms with van der Waals surface area (Å²) in [5.74, 6) is 1.63. The number of ether oxygens (including phenoxy) is 1. The summed E-state index contributed by atoms with van der Waals surface area (Å²) in [6, 6.07) is 0. The molecule has 0 saturated carbocycles. The van der Waals surface area contributed by atoms with Crippen LogP contribution in [0, 0.1) is 5.92 Å². The molecule has 2 rings (SSSR count). The molecule has 0 aromatic heterocycles. The summed E-state index contributed by atoms with van der Waals surface area (Å²) in [5, 5.41) is 6.87. The van der Waals surface area contributed by atoms with E-state index in [0.717, 1.165) is 58.4 Å². The maximum atomic E-state index is 5.92. The standard InChI is InChI=1S/C20H41N5O/c1-4-21-20(22-9-12-24-10-7-5-6-8-11-24)23-15-19-17-25(13-14-26-19)16-18(2)3/h18-19H,4-17H2,1-3H3,(H2,21,22,23). The Labute approximate surface area is 160 Å². The van der Waals surface area contributed by atoms with Crippen molar-refractivity contribution >= 4 is 5.96 Å². The second-order valence-corrected chi connectivity index (χ2v) is 8.05. The van der Waals surface area contributed by atoms with Gasteiger partial charge in [0.25, 0.3) is 0 Å². The first-order valence-electron chi connectivity index (χ1n) is 10.8. The van der Waals surface area contributed by atoms with Crippen LogP contribution in [-0.4, -0.2) is 87.4 Å². The predicted octanol–water partition coefficient (Wildman–Crippen LogP) is 1.77. The Hall–Kier alpha value is -0.850. The Kier molecular flexibility index (Phi) is 10.3. The third kappa shape index (κ3) is 8.69. The molecule has 26 heavy (non-hydrogen) atoms. The molecule has 0 bridgehead atoms. The van der Waals surface area contributed by atoms with E-state index in [-0.39, 0.29) is 6.10 Å². The summed E-state index contributed by atoms with van der Waals surface area (Å²) in [7, 11) is 0. The molecule has 0 aromatic rings. The summed E-state index contributed by atoms with van der Waals surface area (Å²) >= 11 is 0. The predicted molar refractivity (Wildman–Crippen MR) is 110 cm³/mol. The molecular formula is C20H41N5O. The van der Waals surface area contributed by atoms with Gasteiger partial charge in [0.1, 0.15) is 0 Å². The van der Waals surface area contributed by atoms with Crippen LogP contribution in [0.4, 0.5) is 0 Å². The summed E-state index contributed by atoms with van der Waals surface area (Å²) < 4.78 is 5.92. The lowest BCUT2D eigenvalue weighted by Crippen LogP contribution is -2.46. The van der Waals surface area contributed by atoms with Crippen molar-refractivity contribution in [3.63, 3.8) is 0 Å². The Bertz CT molecular complexity index is 394. The molecule has 0 radical (unpaired) electrons. The number of likely N-dealkylation sites (tertiary alicyclic amines) is 1. The molecule has 2 heterocycles. The molecule has 0 spiro atoms. The molecule has 0 aromatic carbocycles. The number of morpholine rings is 1. The highest BCUT2D eigenvalue weighted by atomic mass is 16.5. The number of nitrogens with zero attached hydrogens (tertiary/aromatic N) is 3. The van der Waals surface area contributed by atoms with E-state index in [4.69, 9.17) is 9.73 Å². The molecule has 1 atom stereocenters. The molecule has 2 aliphatic rings. The highest BCUT2D eigenvalue weighted by Crippen LogP contribution is 2.09. The van der Waals surface area contributed by atoms with Gasteiger partial charge < -0.3 is 20.3 Å². The fraction of sp³-hybridized carbons (Fsp3) is 0.950. The summed E-state index contributed by atoms with van der Waals surface area (Å²) in [6.07, 6.45) is 5.69. The first-order valence-corrected chi connectivity index (χ1v) is 10.8. The zero-order chi connectivity index (χ0) is 18.6. The van der Waals surface area contributed by atoms with E-state index < -0.39 is 0 Å². The molecule has 2 saturated heterocycles.